The molecule has 6 heteroatoms. The molecule has 0 fully saturated rings. The molecule has 0 unspecified atom stereocenters. The van der Waals surface area contributed by atoms with E-state index in [4.69, 9.17) is 0 Å². The molecule has 0 spiro atoms. The SMILES string of the molecule is Cc1cc(C)nc(-n2nc(C)c3cc(Br)cnc32)n1. The van der Waals surface area contributed by atoms with Crippen molar-refractivity contribution in [2.75, 3.05) is 0 Å². The number of pyridine rings is 1. The van der Waals surface area contributed by atoms with E-state index in [0.717, 1.165) is 32.6 Å². The summed E-state index contributed by atoms with van der Waals surface area (Å²) in [7, 11) is 0. The zero-order chi connectivity index (χ0) is 13.6. The molecule has 96 valence electrons. The molecule has 0 aliphatic heterocycles. The van der Waals surface area contributed by atoms with Crippen LogP contribution in [0.3, 0.4) is 0 Å². The Hall–Kier alpha value is -1.82. The van der Waals surface area contributed by atoms with Gasteiger partial charge in [-0.1, -0.05) is 0 Å². The molecule has 0 amide bonds. The highest BCUT2D eigenvalue weighted by Crippen LogP contribution is 2.22. The maximum atomic E-state index is 4.49. The Morgan fingerprint density at radius 2 is 1.74 bits per heavy atom. The fourth-order valence-corrected chi connectivity index (χ4v) is 2.39. The van der Waals surface area contributed by atoms with Gasteiger partial charge in [0.25, 0.3) is 5.95 Å². The Balaban J connectivity index is 2.31. The predicted molar refractivity (Wildman–Crippen MR) is 76.4 cm³/mol. The van der Waals surface area contributed by atoms with E-state index in [-0.39, 0.29) is 0 Å². The number of hydrogen-bond acceptors (Lipinski definition) is 4. The number of hydrogen-bond donors (Lipinski definition) is 0. The fraction of sp³-hybridized carbons (Fsp3) is 0.231. The molecule has 0 radical (unpaired) electrons. The Morgan fingerprint density at radius 1 is 1.05 bits per heavy atom. The first-order valence-electron chi connectivity index (χ1n) is 5.88. The van der Waals surface area contributed by atoms with Gasteiger partial charge in [0.2, 0.25) is 0 Å². The summed E-state index contributed by atoms with van der Waals surface area (Å²) in [6.45, 7) is 5.84. The van der Waals surface area contributed by atoms with E-state index in [1.165, 1.54) is 0 Å². The average Bonchev–Trinajstić information content (AvgIpc) is 2.65. The Kier molecular flexibility index (Phi) is 2.82. The molecule has 3 aromatic rings. The van der Waals surface area contributed by atoms with Gasteiger partial charge in [-0.05, 0) is 48.8 Å². The summed E-state index contributed by atoms with van der Waals surface area (Å²) in [5.74, 6) is 0.561. The highest BCUT2D eigenvalue weighted by atomic mass is 79.9. The van der Waals surface area contributed by atoms with Gasteiger partial charge in [0.1, 0.15) is 0 Å². The van der Waals surface area contributed by atoms with Crippen molar-refractivity contribution < 1.29 is 0 Å². The van der Waals surface area contributed by atoms with Crippen LogP contribution in [0.15, 0.2) is 22.8 Å². The number of nitrogens with zero attached hydrogens (tertiary/aromatic N) is 5. The van der Waals surface area contributed by atoms with Crippen LogP contribution in [-0.2, 0) is 0 Å². The van der Waals surface area contributed by atoms with Gasteiger partial charge < -0.3 is 0 Å². The summed E-state index contributed by atoms with van der Waals surface area (Å²) in [5, 5.41) is 5.49. The second-order valence-electron chi connectivity index (χ2n) is 4.47. The van der Waals surface area contributed by atoms with Crippen molar-refractivity contribution in [3.63, 3.8) is 0 Å². The van der Waals surface area contributed by atoms with E-state index >= 15 is 0 Å². The number of halogens is 1. The van der Waals surface area contributed by atoms with E-state index in [9.17, 15) is 0 Å². The quantitative estimate of drug-likeness (QED) is 0.692. The van der Waals surface area contributed by atoms with Gasteiger partial charge in [-0.3, -0.25) is 0 Å². The molecule has 0 aromatic carbocycles. The van der Waals surface area contributed by atoms with E-state index in [1.807, 2.05) is 32.9 Å². The summed E-state index contributed by atoms with van der Waals surface area (Å²) in [5.41, 5.74) is 3.51. The molecule has 0 aliphatic carbocycles. The lowest BCUT2D eigenvalue weighted by atomic mass is 10.3. The molecular weight excluding hydrogens is 306 g/mol. The van der Waals surface area contributed by atoms with E-state index < -0.39 is 0 Å². The van der Waals surface area contributed by atoms with Crippen LogP contribution in [0.1, 0.15) is 17.1 Å². The molecule has 5 nitrogen and oxygen atoms in total. The largest absolute Gasteiger partial charge is 0.253 e. The Bertz CT molecular complexity index is 758. The Morgan fingerprint density at radius 3 is 2.42 bits per heavy atom. The highest BCUT2D eigenvalue weighted by Gasteiger charge is 2.13. The lowest BCUT2D eigenvalue weighted by Gasteiger charge is -2.03. The zero-order valence-corrected chi connectivity index (χ0v) is 12.4. The molecule has 19 heavy (non-hydrogen) atoms. The lowest BCUT2D eigenvalue weighted by Crippen LogP contribution is -2.06. The molecule has 0 saturated carbocycles. The van der Waals surface area contributed by atoms with Crippen LogP contribution in [0, 0.1) is 20.8 Å². The molecule has 0 aliphatic rings. The topological polar surface area (TPSA) is 56.5 Å². The van der Waals surface area contributed by atoms with Crippen LogP contribution >= 0.6 is 15.9 Å². The second kappa shape index (κ2) is 4.38. The van der Waals surface area contributed by atoms with Crippen molar-refractivity contribution in [1.29, 1.82) is 0 Å². The van der Waals surface area contributed by atoms with Gasteiger partial charge in [-0.15, -0.1) is 0 Å². The molecule has 0 saturated heterocycles. The van der Waals surface area contributed by atoms with Crippen LogP contribution < -0.4 is 0 Å². The number of aryl methyl sites for hydroxylation is 3. The molecular formula is C13H12BrN5. The first-order valence-corrected chi connectivity index (χ1v) is 6.67. The molecule has 0 N–H and O–H groups in total. The fourth-order valence-electron chi connectivity index (χ4n) is 2.06. The van der Waals surface area contributed by atoms with Crippen molar-refractivity contribution in [3.05, 3.63) is 39.9 Å². The van der Waals surface area contributed by atoms with Gasteiger partial charge in [0.15, 0.2) is 5.65 Å². The van der Waals surface area contributed by atoms with Gasteiger partial charge in [0.05, 0.1) is 5.69 Å². The van der Waals surface area contributed by atoms with Gasteiger partial charge in [0, 0.05) is 27.4 Å². The smallest absolute Gasteiger partial charge is 0.235 e. The van der Waals surface area contributed by atoms with Crippen molar-refractivity contribution in [2.24, 2.45) is 0 Å². The molecule has 0 atom stereocenters. The second-order valence-corrected chi connectivity index (χ2v) is 5.39. The van der Waals surface area contributed by atoms with E-state index in [2.05, 4.69) is 36.0 Å². The molecule has 3 rings (SSSR count). The Labute approximate surface area is 118 Å². The predicted octanol–water partition coefficient (Wildman–Crippen LogP) is 2.90. The first kappa shape index (κ1) is 12.2. The van der Waals surface area contributed by atoms with Crippen molar-refractivity contribution in [3.8, 4) is 5.95 Å². The maximum Gasteiger partial charge on any atom is 0.253 e. The molecule has 0 bridgehead atoms. The minimum Gasteiger partial charge on any atom is -0.235 e. The normalized spacial score (nSPS) is 11.2. The summed E-state index contributed by atoms with van der Waals surface area (Å²) in [4.78, 5) is 13.3. The summed E-state index contributed by atoms with van der Waals surface area (Å²) in [6, 6.07) is 3.94. The van der Waals surface area contributed by atoms with Crippen LogP contribution in [0.2, 0.25) is 0 Å². The van der Waals surface area contributed by atoms with E-state index in [0.29, 0.717) is 5.95 Å². The summed E-state index contributed by atoms with van der Waals surface area (Å²) in [6.07, 6.45) is 1.75. The van der Waals surface area contributed by atoms with Crippen molar-refractivity contribution >= 4 is 27.0 Å². The van der Waals surface area contributed by atoms with Crippen LogP contribution in [0.25, 0.3) is 17.0 Å². The maximum absolute atomic E-state index is 4.49. The first-order chi connectivity index (χ1) is 9.04. The lowest BCUT2D eigenvalue weighted by molar-refractivity contribution is 0.797. The van der Waals surface area contributed by atoms with Gasteiger partial charge >= 0.3 is 0 Å². The van der Waals surface area contributed by atoms with Crippen molar-refractivity contribution in [1.82, 2.24) is 24.7 Å². The third-order valence-corrected chi connectivity index (χ3v) is 3.27. The average molecular weight is 318 g/mol. The number of rotatable bonds is 1. The van der Waals surface area contributed by atoms with Crippen LogP contribution in [0.4, 0.5) is 0 Å². The molecule has 3 heterocycles. The van der Waals surface area contributed by atoms with E-state index in [1.54, 1.807) is 10.9 Å². The monoisotopic (exact) mass is 317 g/mol. The van der Waals surface area contributed by atoms with Crippen molar-refractivity contribution in [2.45, 2.75) is 20.8 Å². The minimum absolute atomic E-state index is 0.561. The minimum atomic E-state index is 0.561. The standard InChI is InChI=1S/C13H12BrN5/c1-7-4-8(2)17-13(16-7)19-12-11(9(3)18-19)5-10(14)6-15-12/h4-6H,1-3H3. The number of fused-ring (bicyclic) bond motifs is 1. The van der Waals surface area contributed by atoms with Crippen LogP contribution in [0.5, 0.6) is 0 Å². The van der Waals surface area contributed by atoms with Crippen LogP contribution in [-0.4, -0.2) is 24.7 Å². The van der Waals surface area contributed by atoms with Gasteiger partial charge in [-0.2, -0.15) is 9.78 Å². The summed E-state index contributed by atoms with van der Waals surface area (Å²) < 4.78 is 2.63. The summed E-state index contributed by atoms with van der Waals surface area (Å²) >= 11 is 3.42. The third-order valence-electron chi connectivity index (χ3n) is 2.83. The third kappa shape index (κ3) is 2.12. The molecule has 3 aromatic heterocycles. The highest BCUT2D eigenvalue weighted by molar-refractivity contribution is 9.10. The van der Waals surface area contributed by atoms with Gasteiger partial charge in [-0.25, -0.2) is 15.0 Å². The number of aromatic nitrogens is 5. The zero-order valence-electron chi connectivity index (χ0n) is 10.8.